The Balaban J connectivity index is 2.50. The number of hydrogen-bond donors (Lipinski definition) is 1. The van der Waals surface area contributed by atoms with Crippen LogP contribution in [0.15, 0.2) is 12.3 Å². The number of nitrogens with zero attached hydrogens (tertiary/aromatic N) is 2. The first-order valence-electron chi connectivity index (χ1n) is 7.03. The Bertz CT molecular complexity index is 293. The topological polar surface area (TPSA) is 29.9 Å². The Labute approximate surface area is 106 Å². The summed E-state index contributed by atoms with van der Waals surface area (Å²) in [5.74, 6) is 0.773. The highest BCUT2D eigenvalue weighted by Crippen LogP contribution is 2.15. The van der Waals surface area contributed by atoms with Gasteiger partial charge >= 0.3 is 0 Å². The van der Waals surface area contributed by atoms with Crippen molar-refractivity contribution in [3.8, 4) is 0 Å². The van der Waals surface area contributed by atoms with E-state index in [0.29, 0.717) is 0 Å². The Kier molecular flexibility index (Phi) is 6.94. The van der Waals surface area contributed by atoms with Gasteiger partial charge in [0.25, 0.3) is 0 Å². The lowest BCUT2D eigenvalue weighted by atomic mass is 9.99. The summed E-state index contributed by atoms with van der Waals surface area (Å²) < 4.78 is 2.17. The summed E-state index contributed by atoms with van der Waals surface area (Å²) in [7, 11) is 0. The Morgan fingerprint density at radius 1 is 1.35 bits per heavy atom. The molecule has 0 fully saturated rings. The standard InChI is InChI=1S/C14H27N3/c1-4-7-8-13(5-2)12-17-14(9-10-16-17)11-15-6-3/h9-10,13,15H,4-8,11-12H2,1-3H3. The first kappa shape index (κ1) is 14.2. The second-order valence-corrected chi connectivity index (χ2v) is 4.70. The molecule has 98 valence electrons. The van der Waals surface area contributed by atoms with Crippen molar-refractivity contribution in [2.24, 2.45) is 5.92 Å². The molecule has 0 bridgehead atoms. The van der Waals surface area contributed by atoms with E-state index in [9.17, 15) is 0 Å². The first-order chi connectivity index (χ1) is 8.31. The van der Waals surface area contributed by atoms with Gasteiger partial charge in [-0.15, -0.1) is 0 Å². The van der Waals surface area contributed by atoms with E-state index in [4.69, 9.17) is 0 Å². The van der Waals surface area contributed by atoms with Crippen molar-refractivity contribution in [1.82, 2.24) is 15.1 Å². The monoisotopic (exact) mass is 237 g/mol. The molecule has 0 saturated heterocycles. The van der Waals surface area contributed by atoms with Gasteiger partial charge in [0.05, 0.1) is 5.69 Å². The molecule has 3 heteroatoms. The summed E-state index contributed by atoms with van der Waals surface area (Å²) in [6, 6.07) is 2.12. The molecule has 1 heterocycles. The molecule has 0 radical (unpaired) electrons. The van der Waals surface area contributed by atoms with Crippen LogP contribution in [0.25, 0.3) is 0 Å². The summed E-state index contributed by atoms with van der Waals surface area (Å²) in [6.45, 7) is 9.70. The molecular formula is C14H27N3. The van der Waals surface area contributed by atoms with Gasteiger partial charge in [0.2, 0.25) is 0 Å². The van der Waals surface area contributed by atoms with E-state index in [1.54, 1.807) is 0 Å². The van der Waals surface area contributed by atoms with Crippen LogP contribution in [-0.2, 0) is 13.1 Å². The number of hydrogen-bond acceptors (Lipinski definition) is 2. The van der Waals surface area contributed by atoms with Crippen molar-refractivity contribution in [1.29, 1.82) is 0 Å². The Morgan fingerprint density at radius 2 is 2.18 bits per heavy atom. The van der Waals surface area contributed by atoms with E-state index in [1.807, 2.05) is 6.20 Å². The maximum Gasteiger partial charge on any atom is 0.0522 e. The fourth-order valence-electron chi connectivity index (χ4n) is 2.09. The Morgan fingerprint density at radius 3 is 2.82 bits per heavy atom. The second-order valence-electron chi connectivity index (χ2n) is 4.70. The summed E-state index contributed by atoms with van der Waals surface area (Å²) in [5.41, 5.74) is 1.31. The van der Waals surface area contributed by atoms with Crippen LogP contribution in [0, 0.1) is 5.92 Å². The largest absolute Gasteiger partial charge is 0.311 e. The molecule has 1 atom stereocenters. The molecule has 1 aromatic rings. The lowest BCUT2D eigenvalue weighted by molar-refractivity contribution is 0.364. The van der Waals surface area contributed by atoms with Crippen LogP contribution < -0.4 is 5.32 Å². The molecule has 1 N–H and O–H groups in total. The second kappa shape index (κ2) is 8.29. The molecule has 0 spiro atoms. The third-order valence-electron chi connectivity index (χ3n) is 3.34. The molecule has 1 rings (SSSR count). The van der Waals surface area contributed by atoms with Crippen LogP contribution in [0.5, 0.6) is 0 Å². The maximum atomic E-state index is 4.44. The van der Waals surface area contributed by atoms with Gasteiger partial charge in [0.15, 0.2) is 0 Å². The molecular weight excluding hydrogens is 210 g/mol. The van der Waals surface area contributed by atoms with Crippen LogP contribution in [0.4, 0.5) is 0 Å². The third kappa shape index (κ3) is 4.90. The van der Waals surface area contributed by atoms with E-state index in [-0.39, 0.29) is 0 Å². The molecule has 1 aromatic heterocycles. The first-order valence-corrected chi connectivity index (χ1v) is 7.03. The number of rotatable bonds is 9. The molecule has 17 heavy (non-hydrogen) atoms. The predicted molar refractivity (Wildman–Crippen MR) is 72.9 cm³/mol. The van der Waals surface area contributed by atoms with E-state index in [1.165, 1.54) is 31.4 Å². The normalized spacial score (nSPS) is 12.9. The van der Waals surface area contributed by atoms with Crippen molar-refractivity contribution >= 4 is 0 Å². The highest BCUT2D eigenvalue weighted by molar-refractivity contribution is 5.00. The van der Waals surface area contributed by atoms with E-state index < -0.39 is 0 Å². The molecule has 3 nitrogen and oxygen atoms in total. The van der Waals surface area contributed by atoms with Crippen molar-refractivity contribution in [2.45, 2.75) is 59.5 Å². The summed E-state index contributed by atoms with van der Waals surface area (Å²) >= 11 is 0. The van der Waals surface area contributed by atoms with Gasteiger partial charge < -0.3 is 5.32 Å². The quantitative estimate of drug-likeness (QED) is 0.714. The van der Waals surface area contributed by atoms with Crippen molar-refractivity contribution < 1.29 is 0 Å². The van der Waals surface area contributed by atoms with Crippen LogP contribution in [0.2, 0.25) is 0 Å². The minimum Gasteiger partial charge on any atom is -0.311 e. The highest BCUT2D eigenvalue weighted by Gasteiger charge is 2.09. The van der Waals surface area contributed by atoms with E-state index in [0.717, 1.165) is 25.6 Å². The van der Waals surface area contributed by atoms with Gasteiger partial charge in [-0.05, 0) is 24.9 Å². The number of nitrogens with one attached hydrogen (secondary N) is 1. The summed E-state index contributed by atoms with van der Waals surface area (Å²) in [5, 5.41) is 7.81. The minimum atomic E-state index is 0.773. The molecule has 1 unspecified atom stereocenters. The third-order valence-corrected chi connectivity index (χ3v) is 3.34. The van der Waals surface area contributed by atoms with Gasteiger partial charge in [-0.1, -0.05) is 40.0 Å². The van der Waals surface area contributed by atoms with E-state index in [2.05, 4.69) is 41.9 Å². The van der Waals surface area contributed by atoms with Crippen molar-refractivity contribution in [3.63, 3.8) is 0 Å². The molecule has 0 aliphatic carbocycles. The van der Waals surface area contributed by atoms with Gasteiger partial charge in [0.1, 0.15) is 0 Å². The highest BCUT2D eigenvalue weighted by atomic mass is 15.3. The molecule has 0 amide bonds. The fourth-order valence-corrected chi connectivity index (χ4v) is 2.09. The fraction of sp³-hybridized carbons (Fsp3) is 0.786. The average molecular weight is 237 g/mol. The van der Waals surface area contributed by atoms with Crippen LogP contribution >= 0.6 is 0 Å². The lowest BCUT2D eigenvalue weighted by Gasteiger charge is -2.16. The zero-order valence-corrected chi connectivity index (χ0v) is 11.6. The van der Waals surface area contributed by atoms with E-state index >= 15 is 0 Å². The smallest absolute Gasteiger partial charge is 0.0522 e. The molecule has 0 aromatic carbocycles. The van der Waals surface area contributed by atoms with Crippen LogP contribution in [0.3, 0.4) is 0 Å². The number of aromatic nitrogens is 2. The Hall–Kier alpha value is -0.830. The summed E-state index contributed by atoms with van der Waals surface area (Å²) in [6.07, 6.45) is 7.12. The van der Waals surface area contributed by atoms with Gasteiger partial charge in [-0.2, -0.15) is 5.10 Å². The number of unbranched alkanes of at least 4 members (excludes halogenated alkanes) is 1. The zero-order valence-electron chi connectivity index (χ0n) is 11.6. The zero-order chi connectivity index (χ0) is 12.5. The van der Waals surface area contributed by atoms with Crippen LogP contribution in [0.1, 0.15) is 52.1 Å². The minimum absolute atomic E-state index is 0.773. The lowest BCUT2D eigenvalue weighted by Crippen LogP contribution is -2.19. The van der Waals surface area contributed by atoms with Gasteiger partial charge in [-0.25, -0.2) is 0 Å². The van der Waals surface area contributed by atoms with Crippen molar-refractivity contribution in [3.05, 3.63) is 18.0 Å². The SMILES string of the molecule is CCCCC(CC)Cn1nccc1CNCC. The molecule has 0 saturated carbocycles. The van der Waals surface area contributed by atoms with Gasteiger partial charge in [0, 0.05) is 19.3 Å². The predicted octanol–water partition coefficient (Wildman–Crippen LogP) is 3.21. The molecule has 0 aliphatic rings. The molecule has 0 aliphatic heterocycles. The van der Waals surface area contributed by atoms with Crippen LogP contribution in [-0.4, -0.2) is 16.3 Å². The van der Waals surface area contributed by atoms with Gasteiger partial charge in [-0.3, -0.25) is 4.68 Å². The van der Waals surface area contributed by atoms with Crippen molar-refractivity contribution in [2.75, 3.05) is 6.54 Å². The summed E-state index contributed by atoms with van der Waals surface area (Å²) in [4.78, 5) is 0. The average Bonchev–Trinajstić information content (AvgIpc) is 2.79. The maximum absolute atomic E-state index is 4.44.